The van der Waals surface area contributed by atoms with Gasteiger partial charge in [-0.1, -0.05) is 24.3 Å². The first-order chi connectivity index (χ1) is 15.8. The number of hydrogen-bond acceptors (Lipinski definition) is 4. The van der Waals surface area contributed by atoms with Crippen LogP contribution in [-0.4, -0.2) is 39.8 Å². The number of nitrogens with zero attached hydrogens (tertiary/aromatic N) is 2. The van der Waals surface area contributed by atoms with Crippen LogP contribution in [0.15, 0.2) is 42.5 Å². The molecular weight excluding hydrogens is 432 g/mol. The highest BCUT2D eigenvalue weighted by Crippen LogP contribution is 2.44. The first-order valence-electron chi connectivity index (χ1n) is 10.5. The number of imidazole rings is 1. The Balaban J connectivity index is 1.54. The lowest BCUT2D eigenvalue weighted by molar-refractivity contribution is 0.0685. The lowest BCUT2D eigenvalue weighted by Crippen LogP contribution is -2.23. The standard InChI is InChI=1S/C24H23F2N3O4/c1-3-29-21(24(31)32)20(28-22(29)16-11-18(16)26)14-6-4-13(5-7-14)12-27-23(30)17-10-15(25)8-9-19(17)33-2/h4-10,16,18H,3,11-12H2,1-2H3,(H,27,30)(H,31,32)/t16-,18+/m1/s1. The molecule has 3 aromatic rings. The summed E-state index contributed by atoms with van der Waals surface area (Å²) in [6, 6.07) is 10.6. The summed E-state index contributed by atoms with van der Waals surface area (Å²) < 4.78 is 33.8. The highest BCUT2D eigenvalue weighted by atomic mass is 19.1. The minimum Gasteiger partial charge on any atom is -0.496 e. The van der Waals surface area contributed by atoms with Crippen LogP contribution in [0.4, 0.5) is 8.78 Å². The zero-order chi connectivity index (χ0) is 23.7. The van der Waals surface area contributed by atoms with Crippen molar-refractivity contribution >= 4 is 11.9 Å². The summed E-state index contributed by atoms with van der Waals surface area (Å²) in [6.45, 7) is 2.35. The quantitative estimate of drug-likeness (QED) is 0.532. The van der Waals surface area contributed by atoms with Gasteiger partial charge in [0.05, 0.1) is 18.6 Å². The van der Waals surface area contributed by atoms with E-state index >= 15 is 0 Å². The monoisotopic (exact) mass is 455 g/mol. The van der Waals surface area contributed by atoms with Gasteiger partial charge in [0.25, 0.3) is 5.91 Å². The Kier molecular flexibility index (Phi) is 6.13. The van der Waals surface area contributed by atoms with Crippen LogP contribution in [0.3, 0.4) is 0 Å². The second-order valence-corrected chi connectivity index (χ2v) is 7.80. The van der Waals surface area contributed by atoms with Gasteiger partial charge < -0.3 is 19.7 Å². The van der Waals surface area contributed by atoms with Gasteiger partial charge in [-0.3, -0.25) is 4.79 Å². The summed E-state index contributed by atoms with van der Waals surface area (Å²) in [5, 5.41) is 12.5. The van der Waals surface area contributed by atoms with E-state index in [2.05, 4.69) is 10.3 Å². The molecule has 0 aliphatic heterocycles. The van der Waals surface area contributed by atoms with Crippen molar-refractivity contribution in [2.24, 2.45) is 0 Å². The van der Waals surface area contributed by atoms with Crippen LogP contribution in [0.5, 0.6) is 5.75 Å². The Hall–Kier alpha value is -3.75. The first-order valence-corrected chi connectivity index (χ1v) is 10.5. The second-order valence-electron chi connectivity index (χ2n) is 7.80. The average Bonchev–Trinajstić information content (AvgIpc) is 3.40. The summed E-state index contributed by atoms with van der Waals surface area (Å²) in [4.78, 5) is 28.9. The van der Waals surface area contributed by atoms with E-state index < -0.39 is 23.9 Å². The molecule has 7 nitrogen and oxygen atoms in total. The number of methoxy groups -OCH3 is 1. The van der Waals surface area contributed by atoms with E-state index in [-0.39, 0.29) is 29.5 Å². The molecule has 1 heterocycles. The lowest BCUT2D eigenvalue weighted by Gasteiger charge is -2.10. The maximum Gasteiger partial charge on any atom is 0.354 e. The van der Waals surface area contributed by atoms with Crippen molar-refractivity contribution in [1.82, 2.24) is 14.9 Å². The van der Waals surface area contributed by atoms with Gasteiger partial charge in [-0.25, -0.2) is 18.6 Å². The number of carboxylic acids is 1. The van der Waals surface area contributed by atoms with Crippen molar-refractivity contribution in [2.75, 3.05) is 7.11 Å². The van der Waals surface area contributed by atoms with E-state index in [9.17, 15) is 23.5 Å². The average molecular weight is 455 g/mol. The van der Waals surface area contributed by atoms with Gasteiger partial charge in [0, 0.05) is 18.7 Å². The number of benzene rings is 2. The van der Waals surface area contributed by atoms with E-state index in [0.717, 1.165) is 11.6 Å². The van der Waals surface area contributed by atoms with Gasteiger partial charge in [0.2, 0.25) is 0 Å². The molecule has 0 saturated heterocycles. The molecule has 0 bridgehead atoms. The van der Waals surface area contributed by atoms with Crippen LogP contribution in [0.1, 0.15) is 51.5 Å². The number of hydrogen-bond donors (Lipinski definition) is 2. The zero-order valence-electron chi connectivity index (χ0n) is 18.1. The zero-order valence-corrected chi connectivity index (χ0v) is 18.1. The Morgan fingerprint density at radius 3 is 2.52 bits per heavy atom. The molecule has 33 heavy (non-hydrogen) atoms. The van der Waals surface area contributed by atoms with Crippen LogP contribution in [0, 0.1) is 5.82 Å². The predicted molar refractivity (Wildman–Crippen MR) is 117 cm³/mol. The van der Waals surface area contributed by atoms with Crippen LogP contribution < -0.4 is 10.1 Å². The highest BCUT2D eigenvalue weighted by molar-refractivity contribution is 5.97. The molecule has 1 saturated carbocycles. The molecule has 0 spiro atoms. The Morgan fingerprint density at radius 2 is 1.94 bits per heavy atom. The van der Waals surface area contributed by atoms with Crippen molar-refractivity contribution in [1.29, 1.82) is 0 Å². The summed E-state index contributed by atoms with van der Waals surface area (Å²) in [5.41, 5.74) is 1.74. The summed E-state index contributed by atoms with van der Waals surface area (Å²) in [7, 11) is 1.40. The van der Waals surface area contributed by atoms with E-state index in [1.54, 1.807) is 35.8 Å². The number of carboxylic acid groups (broad SMARTS) is 1. The lowest BCUT2D eigenvalue weighted by atomic mass is 10.1. The molecule has 1 aliphatic rings. The first kappa shape index (κ1) is 22.4. The third-order valence-corrected chi connectivity index (χ3v) is 5.65. The molecular formula is C24H23F2N3O4. The van der Waals surface area contributed by atoms with Crippen LogP contribution >= 0.6 is 0 Å². The number of aromatic nitrogens is 2. The maximum absolute atomic E-state index is 13.7. The van der Waals surface area contributed by atoms with E-state index in [1.165, 1.54) is 19.2 Å². The van der Waals surface area contributed by atoms with Gasteiger partial charge in [-0.2, -0.15) is 0 Å². The molecule has 2 atom stereocenters. The molecule has 0 radical (unpaired) electrons. The number of carbonyl (C=O) groups excluding carboxylic acids is 1. The topological polar surface area (TPSA) is 93.5 Å². The number of nitrogens with one attached hydrogen (secondary N) is 1. The molecule has 1 fully saturated rings. The highest BCUT2D eigenvalue weighted by Gasteiger charge is 2.43. The van der Waals surface area contributed by atoms with Gasteiger partial charge in [0.15, 0.2) is 5.69 Å². The molecule has 1 aliphatic carbocycles. The van der Waals surface area contributed by atoms with Crippen LogP contribution in [-0.2, 0) is 13.1 Å². The largest absolute Gasteiger partial charge is 0.496 e. The smallest absolute Gasteiger partial charge is 0.354 e. The van der Waals surface area contributed by atoms with Crippen molar-refractivity contribution in [3.63, 3.8) is 0 Å². The maximum atomic E-state index is 13.7. The molecule has 1 amide bonds. The number of alkyl halides is 1. The van der Waals surface area contributed by atoms with Crippen molar-refractivity contribution in [3.8, 4) is 17.0 Å². The number of amides is 1. The Morgan fingerprint density at radius 1 is 1.24 bits per heavy atom. The molecule has 1 aromatic heterocycles. The fraction of sp³-hybridized carbons (Fsp3) is 0.292. The van der Waals surface area contributed by atoms with E-state index in [4.69, 9.17) is 4.74 Å². The molecule has 0 unspecified atom stereocenters. The molecule has 9 heteroatoms. The number of halogens is 2. The molecule has 4 rings (SSSR count). The fourth-order valence-corrected chi connectivity index (χ4v) is 3.84. The SMILES string of the molecule is CCn1c([C@@H]2C[C@@H]2F)nc(-c2ccc(CNC(=O)c3cc(F)ccc3OC)cc2)c1C(=O)O. The van der Waals surface area contributed by atoms with Crippen molar-refractivity contribution in [2.45, 2.75) is 38.5 Å². The van der Waals surface area contributed by atoms with Crippen molar-refractivity contribution < 1.29 is 28.2 Å². The minimum atomic E-state index is -1.12. The Labute approximate surface area is 189 Å². The minimum absolute atomic E-state index is 0.0332. The van der Waals surface area contributed by atoms with E-state index in [0.29, 0.717) is 30.0 Å². The number of aromatic carboxylic acids is 1. The van der Waals surface area contributed by atoms with Crippen molar-refractivity contribution in [3.05, 3.63) is 70.9 Å². The van der Waals surface area contributed by atoms with Crippen LogP contribution in [0.2, 0.25) is 0 Å². The fourth-order valence-electron chi connectivity index (χ4n) is 3.84. The van der Waals surface area contributed by atoms with Gasteiger partial charge >= 0.3 is 5.97 Å². The number of carbonyl (C=O) groups is 2. The second kappa shape index (κ2) is 9.01. The van der Waals surface area contributed by atoms with Gasteiger partial charge in [-0.15, -0.1) is 0 Å². The summed E-state index contributed by atoms with van der Waals surface area (Å²) in [6.07, 6.45) is -0.639. The number of ether oxygens (including phenoxy) is 1. The molecule has 2 aromatic carbocycles. The van der Waals surface area contributed by atoms with Gasteiger partial charge in [-0.05, 0) is 37.1 Å². The normalized spacial score (nSPS) is 17.0. The third kappa shape index (κ3) is 4.44. The Bertz CT molecular complexity index is 1210. The van der Waals surface area contributed by atoms with Crippen LogP contribution in [0.25, 0.3) is 11.3 Å². The van der Waals surface area contributed by atoms with Gasteiger partial charge in [0.1, 0.15) is 29.3 Å². The third-order valence-electron chi connectivity index (χ3n) is 5.65. The summed E-state index contributed by atoms with van der Waals surface area (Å²) >= 11 is 0. The predicted octanol–water partition coefficient (Wildman–Crippen LogP) is 4.17. The summed E-state index contributed by atoms with van der Waals surface area (Å²) in [5.74, 6) is -1.80. The van der Waals surface area contributed by atoms with E-state index in [1.807, 2.05) is 0 Å². The molecule has 2 N–H and O–H groups in total. The number of rotatable bonds is 8. The molecule has 172 valence electrons.